The first-order valence-electron chi connectivity index (χ1n) is 6.27. The lowest BCUT2D eigenvalue weighted by Gasteiger charge is -2.11. The van der Waals surface area contributed by atoms with Crippen molar-refractivity contribution in [2.75, 3.05) is 0 Å². The summed E-state index contributed by atoms with van der Waals surface area (Å²) in [5.41, 5.74) is 5.28. The fourth-order valence-corrected chi connectivity index (χ4v) is 2.71. The number of fused-ring (bicyclic) bond motifs is 1. The molecule has 2 heterocycles. The summed E-state index contributed by atoms with van der Waals surface area (Å²) in [7, 11) is 1.94. The van der Waals surface area contributed by atoms with Crippen LogP contribution in [0.2, 0.25) is 0 Å². The van der Waals surface area contributed by atoms with Crippen LogP contribution in [0, 0.1) is 0 Å². The summed E-state index contributed by atoms with van der Waals surface area (Å²) in [4.78, 5) is 4.34. The van der Waals surface area contributed by atoms with E-state index >= 15 is 0 Å². The lowest BCUT2D eigenvalue weighted by Crippen LogP contribution is -2.18. The lowest BCUT2D eigenvalue weighted by atomic mass is 10.2. The molecule has 19 heavy (non-hydrogen) atoms. The summed E-state index contributed by atoms with van der Waals surface area (Å²) < 4.78 is 3.07. The first kappa shape index (κ1) is 12.3. The van der Waals surface area contributed by atoms with Crippen LogP contribution in [0.3, 0.4) is 0 Å². The molecule has 1 aromatic carbocycles. The number of aromatic nitrogens is 3. The van der Waals surface area contributed by atoms with Gasteiger partial charge >= 0.3 is 0 Å². The molecule has 0 radical (unpaired) electrons. The van der Waals surface area contributed by atoms with Crippen molar-refractivity contribution in [3.05, 3.63) is 47.2 Å². The summed E-state index contributed by atoms with van der Waals surface area (Å²) >= 11 is 1.68. The van der Waals surface area contributed by atoms with E-state index in [1.165, 1.54) is 10.3 Å². The van der Waals surface area contributed by atoms with Crippen LogP contribution in [0.5, 0.6) is 0 Å². The SMILES string of the molecule is C[C@@H](NCc1ccc2scnc2c1)c1ccn(C)n1. The van der Waals surface area contributed by atoms with Gasteiger partial charge in [-0.3, -0.25) is 4.68 Å². The maximum atomic E-state index is 4.41. The van der Waals surface area contributed by atoms with Crippen LogP contribution >= 0.6 is 11.3 Å². The molecular formula is C14H16N4S. The van der Waals surface area contributed by atoms with Crippen molar-refractivity contribution >= 4 is 21.6 Å². The zero-order chi connectivity index (χ0) is 13.2. The zero-order valence-electron chi connectivity index (χ0n) is 11.0. The number of thiazole rings is 1. The van der Waals surface area contributed by atoms with Crippen molar-refractivity contribution in [2.24, 2.45) is 7.05 Å². The fourth-order valence-electron chi connectivity index (χ4n) is 2.05. The molecular weight excluding hydrogens is 256 g/mol. The number of hydrogen-bond donors (Lipinski definition) is 1. The molecule has 0 aliphatic rings. The van der Waals surface area contributed by atoms with E-state index in [1.807, 2.05) is 29.5 Å². The molecule has 0 bridgehead atoms. The van der Waals surface area contributed by atoms with E-state index in [0.717, 1.165) is 17.8 Å². The second-order valence-corrected chi connectivity index (χ2v) is 5.56. The normalized spacial score (nSPS) is 12.9. The third-order valence-corrected chi connectivity index (χ3v) is 4.00. The standard InChI is InChI=1S/C14H16N4S/c1-10(12-5-6-18(2)17-12)15-8-11-3-4-14-13(7-11)16-9-19-14/h3-7,9-10,15H,8H2,1-2H3/t10-/m1/s1. The van der Waals surface area contributed by atoms with Gasteiger partial charge in [-0.15, -0.1) is 11.3 Å². The quantitative estimate of drug-likeness (QED) is 0.794. The van der Waals surface area contributed by atoms with Gasteiger partial charge in [0.15, 0.2) is 0 Å². The molecule has 0 saturated carbocycles. The van der Waals surface area contributed by atoms with Crippen molar-refractivity contribution in [3.63, 3.8) is 0 Å². The second-order valence-electron chi connectivity index (χ2n) is 4.67. The van der Waals surface area contributed by atoms with Gasteiger partial charge in [0.05, 0.1) is 21.4 Å². The van der Waals surface area contributed by atoms with Gasteiger partial charge in [0.2, 0.25) is 0 Å². The van der Waals surface area contributed by atoms with Crippen LogP contribution in [0.1, 0.15) is 24.2 Å². The van der Waals surface area contributed by atoms with Gasteiger partial charge < -0.3 is 5.32 Å². The molecule has 0 saturated heterocycles. The molecule has 3 rings (SSSR count). The monoisotopic (exact) mass is 272 g/mol. The van der Waals surface area contributed by atoms with E-state index in [2.05, 4.69) is 40.5 Å². The van der Waals surface area contributed by atoms with Crippen LogP contribution in [-0.4, -0.2) is 14.8 Å². The van der Waals surface area contributed by atoms with E-state index in [0.29, 0.717) is 0 Å². The van der Waals surface area contributed by atoms with Crippen LogP contribution in [0.4, 0.5) is 0 Å². The topological polar surface area (TPSA) is 42.7 Å². The summed E-state index contributed by atoms with van der Waals surface area (Å²) in [6, 6.07) is 8.71. The molecule has 0 fully saturated rings. The van der Waals surface area contributed by atoms with E-state index in [4.69, 9.17) is 0 Å². The minimum Gasteiger partial charge on any atom is -0.305 e. The predicted molar refractivity (Wildman–Crippen MR) is 78.1 cm³/mol. The molecule has 1 atom stereocenters. The third kappa shape index (κ3) is 2.67. The molecule has 1 N–H and O–H groups in total. The van der Waals surface area contributed by atoms with Gasteiger partial charge in [-0.05, 0) is 30.7 Å². The number of nitrogens with zero attached hydrogens (tertiary/aromatic N) is 3. The van der Waals surface area contributed by atoms with Gasteiger partial charge in [-0.1, -0.05) is 6.07 Å². The number of benzene rings is 1. The van der Waals surface area contributed by atoms with E-state index in [9.17, 15) is 0 Å². The van der Waals surface area contributed by atoms with Crippen LogP contribution in [0.15, 0.2) is 36.0 Å². The Morgan fingerprint density at radius 1 is 1.37 bits per heavy atom. The van der Waals surface area contributed by atoms with Crippen molar-refractivity contribution in [1.82, 2.24) is 20.1 Å². The Morgan fingerprint density at radius 3 is 3.05 bits per heavy atom. The summed E-state index contributed by atoms with van der Waals surface area (Å²) in [5, 5.41) is 7.89. The average molecular weight is 272 g/mol. The fraction of sp³-hybridized carbons (Fsp3) is 0.286. The van der Waals surface area contributed by atoms with Gasteiger partial charge in [0, 0.05) is 25.8 Å². The van der Waals surface area contributed by atoms with Gasteiger partial charge in [-0.25, -0.2) is 4.98 Å². The highest BCUT2D eigenvalue weighted by Gasteiger charge is 2.08. The number of aryl methyl sites for hydroxylation is 1. The molecule has 3 aromatic rings. The molecule has 0 spiro atoms. The highest BCUT2D eigenvalue weighted by molar-refractivity contribution is 7.16. The summed E-state index contributed by atoms with van der Waals surface area (Å²) in [6.45, 7) is 2.95. The Hall–Kier alpha value is -1.72. The smallest absolute Gasteiger partial charge is 0.0815 e. The van der Waals surface area contributed by atoms with Crippen molar-refractivity contribution in [1.29, 1.82) is 0 Å². The highest BCUT2D eigenvalue weighted by atomic mass is 32.1. The molecule has 98 valence electrons. The van der Waals surface area contributed by atoms with Gasteiger partial charge in [-0.2, -0.15) is 5.10 Å². The largest absolute Gasteiger partial charge is 0.305 e. The minimum atomic E-state index is 0.243. The second kappa shape index (κ2) is 5.11. The predicted octanol–water partition coefficient (Wildman–Crippen LogP) is 2.88. The third-order valence-electron chi connectivity index (χ3n) is 3.19. The summed E-state index contributed by atoms with van der Waals surface area (Å²) in [5.74, 6) is 0. The van der Waals surface area contributed by atoms with Crippen molar-refractivity contribution in [3.8, 4) is 0 Å². The van der Waals surface area contributed by atoms with E-state index in [1.54, 1.807) is 11.3 Å². The highest BCUT2D eigenvalue weighted by Crippen LogP contribution is 2.19. The number of hydrogen-bond acceptors (Lipinski definition) is 4. The van der Waals surface area contributed by atoms with Crippen LogP contribution < -0.4 is 5.32 Å². The van der Waals surface area contributed by atoms with E-state index < -0.39 is 0 Å². The van der Waals surface area contributed by atoms with Crippen molar-refractivity contribution in [2.45, 2.75) is 19.5 Å². The molecule has 0 amide bonds. The first-order valence-corrected chi connectivity index (χ1v) is 7.15. The Balaban J connectivity index is 1.68. The molecule has 0 aliphatic heterocycles. The minimum absolute atomic E-state index is 0.243. The maximum absolute atomic E-state index is 4.41. The van der Waals surface area contributed by atoms with Gasteiger partial charge in [0.1, 0.15) is 0 Å². The molecule has 2 aromatic heterocycles. The van der Waals surface area contributed by atoms with Crippen molar-refractivity contribution < 1.29 is 0 Å². The number of nitrogens with one attached hydrogen (secondary N) is 1. The average Bonchev–Trinajstić information content (AvgIpc) is 3.03. The molecule has 5 heteroatoms. The number of rotatable bonds is 4. The van der Waals surface area contributed by atoms with Crippen LogP contribution in [-0.2, 0) is 13.6 Å². The van der Waals surface area contributed by atoms with E-state index in [-0.39, 0.29) is 6.04 Å². The molecule has 4 nitrogen and oxygen atoms in total. The summed E-state index contributed by atoms with van der Waals surface area (Å²) in [6.07, 6.45) is 1.97. The van der Waals surface area contributed by atoms with Gasteiger partial charge in [0.25, 0.3) is 0 Å². The Bertz CT molecular complexity index is 685. The Kier molecular flexibility index (Phi) is 3.31. The Morgan fingerprint density at radius 2 is 2.26 bits per heavy atom. The Labute approximate surface area is 116 Å². The zero-order valence-corrected chi connectivity index (χ0v) is 11.8. The first-order chi connectivity index (χ1) is 9.22. The maximum Gasteiger partial charge on any atom is 0.0815 e. The molecule has 0 aliphatic carbocycles. The lowest BCUT2D eigenvalue weighted by molar-refractivity contribution is 0.551. The molecule has 0 unspecified atom stereocenters. The van der Waals surface area contributed by atoms with Crippen LogP contribution in [0.25, 0.3) is 10.2 Å².